The van der Waals surface area contributed by atoms with Gasteiger partial charge in [0.1, 0.15) is 0 Å². The summed E-state index contributed by atoms with van der Waals surface area (Å²) in [5.74, 6) is 0.0576. The molecule has 3 nitrogen and oxygen atoms in total. The van der Waals surface area contributed by atoms with E-state index < -0.39 is 0 Å². The number of hydrogen-bond acceptors (Lipinski definition) is 2. The number of carbonyl (C=O) groups excluding carboxylic acids is 1. The van der Waals surface area contributed by atoms with Crippen LogP contribution in [-0.2, 0) is 12.8 Å². The summed E-state index contributed by atoms with van der Waals surface area (Å²) in [6, 6.07) is 14.5. The SMILES string of the molecule is O=C(NC1CCc2ccccc21)c1cccc2c1CCCN2. The van der Waals surface area contributed by atoms with E-state index >= 15 is 0 Å². The number of carbonyl (C=O) groups is 1. The van der Waals surface area contributed by atoms with Gasteiger partial charge in [-0.1, -0.05) is 30.3 Å². The van der Waals surface area contributed by atoms with E-state index in [0.717, 1.165) is 49.0 Å². The monoisotopic (exact) mass is 292 g/mol. The number of nitrogens with one attached hydrogen (secondary N) is 2. The smallest absolute Gasteiger partial charge is 0.252 e. The molecule has 0 saturated carbocycles. The van der Waals surface area contributed by atoms with Gasteiger partial charge in [0, 0.05) is 17.8 Å². The molecule has 2 aromatic carbocycles. The molecule has 112 valence electrons. The van der Waals surface area contributed by atoms with Gasteiger partial charge >= 0.3 is 0 Å². The molecule has 3 heteroatoms. The van der Waals surface area contributed by atoms with Crippen molar-refractivity contribution in [2.75, 3.05) is 11.9 Å². The van der Waals surface area contributed by atoms with Crippen molar-refractivity contribution < 1.29 is 4.79 Å². The maximum Gasteiger partial charge on any atom is 0.252 e. The lowest BCUT2D eigenvalue weighted by molar-refractivity contribution is 0.0935. The van der Waals surface area contributed by atoms with Crippen LogP contribution in [0.3, 0.4) is 0 Å². The van der Waals surface area contributed by atoms with E-state index in [1.807, 2.05) is 12.1 Å². The second kappa shape index (κ2) is 5.48. The fraction of sp³-hybridized carbons (Fsp3) is 0.316. The molecule has 1 aliphatic carbocycles. The first kappa shape index (κ1) is 13.4. The number of amides is 1. The molecule has 0 aromatic heterocycles. The van der Waals surface area contributed by atoms with Crippen molar-refractivity contribution in [3.05, 3.63) is 64.7 Å². The average Bonchev–Trinajstić information content (AvgIpc) is 2.97. The summed E-state index contributed by atoms with van der Waals surface area (Å²) in [5.41, 5.74) is 5.75. The highest BCUT2D eigenvalue weighted by molar-refractivity contribution is 5.97. The molecule has 1 aliphatic heterocycles. The Bertz CT molecular complexity index is 723. The minimum atomic E-state index is 0.0576. The first-order valence-corrected chi connectivity index (χ1v) is 8.07. The predicted octanol–water partition coefficient (Wildman–Crippen LogP) is 3.46. The van der Waals surface area contributed by atoms with Crippen LogP contribution >= 0.6 is 0 Å². The fourth-order valence-electron chi connectivity index (χ4n) is 3.67. The van der Waals surface area contributed by atoms with Gasteiger partial charge in [0.15, 0.2) is 0 Å². The third kappa shape index (κ3) is 2.27. The van der Waals surface area contributed by atoms with Crippen LogP contribution in [0.5, 0.6) is 0 Å². The lowest BCUT2D eigenvalue weighted by Crippen LogP contribution is -2.29. The fourth-order valence-corrected chi connectivity index (χ4v) is 3.67. The number of fused-ring (bicyclic) bond motifs is 2. The van der Waals surface area contributed by atoms with Crippen molar-refractivity contribution in [3.63, 3.8) is 0 Å². The molecule has 1 heterocycles. The maximum atomic E-state index is 12.7. The predicted molar refractivity (Wildman–Crippen MR) is 88.2 cm³/mol. The van der Waals surface area contributed by atoms with E-state index in [9.17, 15) is 4.79 Å². The van der Waals surface area contributed by atoms with Crippen LogP contribution in [0.4, 0.5) is 5.69 Å². The van der Waals surface area contributed by atoms with Gasteiger partial charge in [-0.15, -0.1) is 0 Å². The molecule has 0 fully saturated rings. The lowest BCUT2D eigenvalue weighted by atomic mass is 9.96. The van der Waals surface area contributed by atoms with Crippen molar-refractivity contribution in [1.82, 2.24) is 5.32 Å². The molecule has 2 aliphatic rings. The average molecular weight is 292 g/mol. The van der Waals surface area contributed by atoms with E-state index in [1.165, 1.54) is 11.1 Å². The summed E-state index contributed by atoms with van der Waals surface area (Å²) in [6.45, 7) is 0.994. The zero-order chi connectivity index (χ0) is 14.9. The normalized spacial score (nSPS) is 19.0. The van der Waals surface area contributed by atoms with Gasteiger partial charge in [0.05, 0.1) is 6.04 Å². The largest absolute Gasteiger partial charge is 0.385 e. The van der Waals surface area contributed by atoms with Crippen LogP contribution in [0.2, 0.25) is 0 Å². The second-order valence-electron chi connectivity index (χ2n) is 6.13. The number of hydrogen-bond donors (Lipinski definition) is 2. The summed E-state index contributed by atoms with van der Waals surface area (Å²) in [4.78, 5) is 12.7. The Hall–Kier alpha value is -2.29. The quantitative estimate of drug-likeness (QED) is 0.890. The van der Waals surface area contributed by atoms with E-state index in [4.69, 9.17) is 0 Å². The Kier molecular flexibility index (Phi) is 3.34. The molecule has 0 radical (unpaired) electrons. The van der Waals surface area contributed by atoms with Crippen LogP contribution in [0.15, 0.2) is 42.5 Å². The number of rotatable bonds is 2. The van der Waals surface area contributed by atoms with E-state index in [2.05, 4.69) is 41.0 Å². The molecule has 0 spiro atoms. The molecule has 0 saturated heterocycles. The van der Waals surface area contributed by atoms with Crippen molar-refractivity contribution in [1.29, 1.82) is 0 Å². The molecule has 2 aromatic rings. The molecule has 1 unspecified atom stereocenters. The summed E-state index contributed by atoms with van der Waals surface area (Å²) in [5, 5.41) is 6.62. The van der Waals surface area contributed by atoms with Crippen LogP contribution in [0.1, 0.15) is 45.9 Å². The lowest BCUT2D eigenvalue weighted by Gasteiger charge is -2.22. The van der Waals surface area contributed by atoms with E-state index in [0.29, 0.717) is 0 Å². The van der Waals surface area contributed by atoms with E-state index in [-0.39, 0.29) is 11.9 Å². The Balaban J connectivity index is 1.59. The van der Waals surface area contributed by atoms with Crippen molar-refractivity contribution in [3.8, 4) is 0 Å². The topological polar surface area (TPSA) is 41.1 Å². The van der Waals surface area contributed by atoms with Crippen molar-refractivity contribution >= 4 is 11.6 Å². The molecule has 2 N–H and O–H groups in total. The second-order valence-corrected chi connectivity index (χ2v) is 6.13. The zero-order valence-corrected chi connectivity index (χ0v) is 12.6. The van der Waals surface area contributed by atoms with Crippen molar-refractivity contribution in [2.24, 2.45) is 0 Å². The zero-order valence-electron chi connectivity index (χ0n) is 12.6. The summed E-state index contributed by atoms with van der Waals surface area (Å²) in [6.07, 6.45) is 4.12. The molecule has 22 heavy (non-hydrogen) atoms. The van der Waals surface area contributed by atoms with E-state index in [1.54, 1.807) is 0 Å². The molecule has 0 bridgehead atoms. The Morgan fingerprint density at radius 1 is 1.09 bits per heavy atom. The van der Waals surface area contributed by atoms with Gasteiger partial charge in [0.2, 0.25) is 0 Å². The van der Waals surface area contributed by atoms with Gasteiger partial charge in [-0.2, -0.15) is 0 Å². The number of aryl methyl sites for hydroxylation is 1. The minimum absolute atomic E-state index is 0.0576. The number of anilines is 1. The Morgan fingerprint density at radius 3 is 2.95 bits per heavy atom. The van der Waals surface area contributed by atoms with Gasteiger partial charge in [0.25, 0.3) is 5.91 Å². The van der Waals surface area contributed by atoms with Crippen LogP contribution in [0.25, 0.3) is 0 Å². The summed E-state index contributed by atoms with van der Waals surface area (Å²) in [7, 11) is 0. The van der Waals surface area contributed by atoms with Crippen LogP contribution in [0, 0.1) is 0 Å². The maximum absolute atomic E-state index is 12.7. The molecule has 1 amide bonds. The van der Waals surface area contributed by atoms with Gasteiger partial charge in [-0.3, -0.25) is 4.79 Å². The summed E-state index contributed by atoms with van der Waals surface area (Å²) < 4.78 is 0. The van der Waals surface area contributed by atoms with Gasteiger partial charge < -0.3 is 10.6 Å². The number of benzene rings is 2. The first-order valence-electron chi connectivity index (χ1n) is 8.07. The summed E-state index contributed by atoms with van der Waals surface area (Å²) >= 11 is 0. The molecular formula is C19H20N2O. The Labute approximate surface area is 130 Å². The first-order chi connectivity index (χ1) is 10.8. The highest BCUT2D eigenvalue weighted by Gasteiger charge is 2.25. The highest BCUT2D eigenvalue weighted by Crippen LogP contribution is 2.32. The Morgan fingerprint density at radius 2 is 2.00 bits per heavy atom. The minimum Gasteiger partial charge on any atom is -0.385 e. The van der Waals surface area contributed by atoms with Gasteiger partial charge in [-0.05, 0) is 54.5 Å². The van der Waals surface area contributed by atoms with Crippen molar-refractivity contribution in [2.45, 2.75) is 31.7 Å². The molecular weight excluding hydrogens is 272 g/mol. The van der Waals surface area contributed by atoms with Gasteiger partial charge in [-0.25, -0.2) is 0 Å². The third-order valence-corrected chi connectivity index (χ3v) is 4.78. The van der Waals surface area contributed by atoms with Crippen LogP contribution < -0.4 is 10.6 Å². The standard InChI is InChI=1S/C19H20N2O/c22-19(16-7-3-9-17-15(16)8-4-12-20-17)21-18-11-10-13-5-1-2-6-14(13)18/h1-3,5-7,9,18,20H,4,8,10-12H2,(H,21,22). The third-order valence-electron chi connectivity index (χ3n) is 4.78. The van der Waals surface area contributed by atoms with Crippen LogP contribution in [-0.4, -0.2) is 12.5 Å². The molecule has 4 rings (SSSR count). The molecule has 1 atom stereocenters. The highest BCUT2D eigenvalue weighted by atomic mass is 16.1.